The summed E-state index contributed by atoms with van der Waals surface area (Å²) in [7, 11) is 0. The van der Waals surface area contributed by atoms with Crippen molar-refractivity contribution in [3.05, 3.63) is 70.8 Å². The molecule has 0 bridgehead atoms. The molecule has 0 spiro atoms. The van der Waals surface area contributed by atoms with Crippen molar-refractivity contribution in [3.8, 4) is 0 Å². The van der Waals surface area contributed by atoms with Crippen LogP contribution in [0.4, 0.5) is 0 Å². The van der Waals surface area contributed by atoms with Gasteiger partial charge in [0.05, 0.1) is 6.04 Å². The van der Waals surface area contributed by atoms with Crippen LogP contribution in [0.25, 0.3) is 0 Å². The Morgan fingerprint density at radius 3 is 2.16 bits per heavy atom. The molecule has 2 aromatic rings. The fraction of sp³-hybridized carbons (Fsp3) is 0.235. The van der Waals surface area contributed by atoms with Crippen molar-refractivity contribution in [2.75, 3.05) is 0 Å². The molecule has 0 heterocycles. The normalized spacial score (nSPS) is 11.9. The summed E-state index contributed by atoms with van der Waals surface area (Å²) >= 11 is 0. The van der Waals surface area contributed by atoms with Gasteiger partial charge in [0.15, 0.2) is 0 Å². The lowest BCUT2D eigenvalue weighted by atomic mass is 10.1. The number of hydrogen-bond acceptors (Lipinski definition) is 1. The van der Waals surface area contributed by atoms with Gasteiger partial charge >= 0.3 is 0 Å². The Morgan fingerprint density at radius 1 is 1.00 bits per heavy atom. The summed E-state index contributed by atoms with van der Waals surface area (Å²) in [5.74, 6) is -0.0249. The second-order valence-corrected chi connectivity index (χ2v) is 4.98. The Hall–Kier alpha value is -2.09. The van der Waals surface area contributed by atoms with E-state index in [-0.39, 0.29) is 11.9 Å². The van der Waals surface area contributed by atoms with Crippen molar-refractivity contribution >= 4 is 5.91 Å². The molecule has 0 aliphatic heterocycles. The smallest absolute Gasteiger partial charge is 0.251 e. The molecule has 98 valence electrons. The number of carbonyl (C=O) groups excluding carboxylic acids is 1. The van der Waals surface area contributed by atoms with Crippen LogP contribution in [0.3, 0.4) is 0 Å². The number of rotatable bonds is 3. The van der Waals surface area contributed by atoms with Crippen LogP contribution in [0.5, 0.6) is 0 Å². The van der Waals surface area contributed by atoms with E-state index in [0.717, 1.165) is 22.3 Å². The molecule has 1 atom stereocenters. The zero-order valence-electron chi connectivity index (χ0n) is 11.6. The lowest BCUT2D eigenvalue weighted by molar-refractivity contribution is 0.0939. The van der Waals surface area contributed by atoms with Crippen LogP contribution in [0.15, 0.2) is 48.5 Å². The molecule has 0 saturated carbocycles. The highest BCUT2D eigenvalue weighted by Gasteiger charge is 2.11. The maximum Gasteiger partial charge on any atom is 0.251 e. The molecular formula is C17H19NO. The molecule has 1 unspecified atom stereocenters. The van der Waals surface area contributed by atoms with Gasteiger partial charge < -0.3 is 5.32 Å². The Kier molecular flexibility index (Phi) is 4.00. The molecule has 0 aliphatic carbocycles. The molecular weight excluding hydrogens is 234 g/mol. The molecule has 1 N–H and O–H groups in total. The van der Waals surface area contributed by atoms with Crippen molar-refractivity contribution in [1.82, 2.24) is 5.32 Å². The van der Waals surface area contributed by atoms with E-state index in [1.165, 1.54) is 0 Å². The Bertz CT molecular complexity index is 555. The quantitative estimate of drug-likeness (QED) is 0.885. The predicted molar refractivity (Wildman–Crippen MR) is 78.2 cm³/mol. The van der Waals surface area contributed by atoms with Gasteiger partial charge in [0.1, 0.15) is 0 Å². The fourth-order valence-corrected chi connectivity index (χ4v) is 2.21. The van der Waals surface area contributed by atoms with Crippen molar-refractivity contribution in [3.63, 3.8) is 0 Å². The van der Waals surface area contributed by atoms with E-state index in [2.05, 4.69) is 11.4 Å². The zero-order valence-corrected chi connectivity index (χ0v) is 11.6. The topological polar surface area (TPSA) is 29.1 Å². The highest BCUT2D eigenvalue weighted by atomic mass is 16.1. The number of carbonyl (C=O) groups is 1. The van der Waals surface area contributed by atoms with E-state index >= 15 is 0 Å². The first kappa shape index (κ1) is 13.3. The van der Waals surface area contributed by atoms with Crippen LogP contribution in [0, 0.1) is 13.8 Å². The third kappa shape index (κ3) is 3.44. The Balaban J connectivity index is 2.13. The van der Waals surface area contributed by atoms with Gasteiger partial charge in [-0.25, -0.2) is 0 Å². The van der Waals surface area contributed by atoms with E-state index in [4.69, 9.17) is 0 Å². The first-order chi connectivity index (χ1) is 9.06. The zero-order chi connectivity index (χ0) is 13.8. The van der Waals surface area contributed by atoms with Gasteiger partial charge in [-0.1, -0.05) is 47.5 Å². The summed E-state index contributed by atoms with van der Waals surface area (Å²) in [6.07, 6.45) is 0. The maximum atomic E-state index is 12.2. The van der Waals surface area contributed by atoms with Crippen LogP contribution < -0.4 is 5.32 Å². The van der Waals surface area contributed by atoms with Crippen molar-refractivity contribution < 1.29 is 4.79 Å². The molecule has 0 aliphatic rings. The van der Waals surface area contributed by atoms with Gasteiger partial charge in [-0.05, 0) is 38.5 Å². The number of amides is 1. The third-order valence-electron chi connectivity index (χ3n) is 3.13. The number of aryl methyl sites for hydroxylation is 2. The second kappa shape index (κ2) is 5.70. The molecule has 0 aromatic heterocycles. The average molecular weight is 253 g/mol. The second-order valence-electron chi connectivity index (χ2n) is 4.98. The predicted octanol–water partition coefficient (Wildman–Crippen LogP) is 3.79. The van der Waals surface area contributed by atoms with Crippen LogP contribution in [0.1, 0.15) is 40.0 Å². The minimum absolute atomic E-state index is 0.00881. The molecule has 2 nitrogen and oxygen atoms in total. The maximum absolute atomic E-state index is 12.2. The largest absolute Gasteiger partial charge is 0.346 e. The van der Waals surface area contributed by atoms with Crippen molar-refractivity contribution in [1.29, 1.82) is 0 Å². The average Bonchev–Trinajstić information content (AvgIpc) is 2.38. The first-order valence-corrected chi connectivity index (χ1v) is 6.50. The SMILES string of the molecule is Cc1cc(C)cc(C(=O)NC(C)c2ccccc2)c1. The van der Waals surface area contributed by atoms with Crippen LogP contribution in [-0.4, -0.2) is 5.91 Å². The van der Waals surface area contributed by atoms with Crippen LogP contribution >= 0.6 is 0 Å². The Morgan fingerprint density at radius 2 is 1.58 bits per heavy atom. The Labute approximate surface area is 114 Å². The summed E-state index contributed by atoms with van der Waals surface area (Å²) < 4.78 is 0. The molecule has 2 aromatic carbocycles. The summed E-state index contributed by atoms with van der Waals surface area (Å²) in [6.45, 7) is 6.00. The summed E-state index contributed by atoms with van der Waals surface area (Å²) in [5, 5.41) is 3.03. The lowest BCUT2D eigenvalue weighted by Crippen LogP contribution is -2.26. The van der Waals surface area contributed by atoms with Crippen molar-refractivity contribution in [2.45, 2.75) is 26.8 Å². The van der Waals surface area contributed by atoms with Gasteiger partial charge in [0.2, 0.25) is 0 Å². The van der Waals surface area contributed by atoms with Gasteiger partial charge in [-0.3, -0.25) is 4.79 Å². The monoisotopic (exact) mass is 253 g/mol. The van der Waals surface area contributed by atoms with E-state index in [0.29, 0.717) is 0 Å². The summed E-state index contributed by atoms with van der Waals surface area (Å²) in [4.78, 5) is 12.2. The standard InChI is InChI=1S/C17H19NO/c1-12-9-13(2)11-16(10-12)17(19)18-14(3)15-7-5-4-6-8-15/h4-11,14H,1-3H3,(H,18,19). The summed E-state index contributed by atoms with van der Waals surface area (Å²) in [5.41, 5.74) is 4.05. The number of hydrogen-bond donors (Lipinski definition) is 1. The molecule has 0 saturated heterocycles. The molecule has 2 heteroatoms. The van der Waals surface area contributed by atoms with E-state index < -0.39 is 0 Å². The van der Waals surface area contributed by atoms with Gasteiger partial charge in [0, 0.05) is 5.56 Å². The molecule has 1 amide bonds. The minimum atomic E-state index is -0.0249. The van der Waals surface area contributed by atoms with Crippen molar-refractivity contribution in [2.24, 2.45) is 0 Å². The molecule has 2 rings (SSSR count). The molecule has 0 radical (unpaired) electrons. The fourth-order valence-electron chi connectivity index (χ4n) is 2.21. The van der Waals surface area contributed by atoms with Gasteiger partial charge in [-0.2, -0.15) is 0 Å². The lowest BCUT2D eigenvalue weighted by Gasteiger charge is -2.14. The van der Waals surface area contributed by atoms with Gasteiger partial charge in [0.25, 0.3) is 5.91 Å². The first-order valence-electron chi connectivity index (χ1n) is 6.50. The van der Waals surface area contributed by atoms with E-state index in [1.807, 2.05) is 63.2 Å². The van der Waals surface area contributed by atoms with E-state index in [1.54, 1.807) is 0 Å². The molecule has 0 fully saturated rings. The number of nitrogens with one attached hydrogen (secondary N) is 1. The van der Waals surface area contributed by atoms with E-state index in [9.17, 15) is 4.79 Å². The minimum Gasteiger partial charge on any atom is -0.346 e. The molecule has 19 heavy (non-hydrogen) atoms. The summed E-state index contributed by atoms with van der Waals surface area (Å²) in [6, 6.07) is 15.9. The highest BCUT2D eigenvalue weighted by Crippen LogP contribution is 2.14. The van der Waals surface area contributed by atoms with Gasteiger partial charge in [-0.15, -0.1) is 0 Å². The van der Waals surface area contributed by atoms with Crippen LogP contribution in [-0.2, 0) is 0 Å². The number of benzene rings is 2. The third-order valence-corrected chi connectivity index (χ3v) is 3.13. The highest BCUT2D eigenvalue weighted by molar-refractivity contribution is 5.94. The van der Waals surface area contributed by atoms with Crippen LogP contribution in [0.2, 0.25) is 0 Å².